The van der Waals surface area contributed by atoms with E-state index in [0.717, 1.165) is 35.1 Å². The first-order valence-electron chi connectivity index (χ1n) is 11.6. The van der Waals surface area contributed by atoms with Crippen LogP contribution >= 0.6 is 11.6 Å². The van der Waals surface area contributed by atoms with Gasteiger partial charge in [-0.3, -0.25) is 4.79 Å². The summed E-state index contributed by atoms with van der Waals surface area (Å²) in [6.07, 6.45) is 4.66. The molecule has 0 bridgehead atoms. The number of amides is 1. The fourth-order valence-electron chi connectivity index (χ4n) is 4.00. The SMILES string of the molecule is CCN(CC)CC(O)CNC(=O)c1ccc(-n2cnc(-c3c(N)ncc4ccc(Cl)cc34)c2)cc1. The van der Waals surface area contributed by atoms with Crippen molar-refractivity contribution < 1.29 is 9.90 Å². The van der Waals surface area contributed by atoms with Crippen molar-refractivity contribution in [1.29, 1.82) is 0 Å². The van der Waals surface area contributed by atoms with Crippen LogP contribution in [0.15, 0.2) is 61.2 Å². The molecule has 2 aromatic carbocycles. The minimum absolute atomic E-state index is 0.201. The lowest BCUT2D eigenvalue weighted by molar-refractivity contribution is 0.0869. The summed E-state index contributed by atoms with van der Waals surface area (Å²) in [5.41, 5.74) is 8.95. The fourth-order valence-corrected chi connectivity index (χ4v) is 4.18. The molecule has 0 saturated carbocycles. The molecule has 35 heavy (non-hydrogen) atoms. The second kappa shape index (κ2) is 10.9. The van der Waals surface area contributed by atoms with Crippen molar-refractivity contribution in [2.24, 2.45) is 0 Å². The molecular formula is C26H29ClN6O2. The van der Waals surface area contributed by atoms with E-state index >= 15 is 0 Å². The number of aromatic nitrogens is 3. The number of rotatable bonds is 9. The molecule has 2 aromatic heterocycles. The maximum Gasteiger partial charge on any atom is 0.251 e. The van der Waals surface area contributed by atoms with E-state index in [1.54, 1.807) is 24.7 Å². The van der Waals surface area contributed by atoms with E-state index in [-0.39, 0.29) is 12.5 Å². The van der Waals surface area contributed by atoms with Gasteiger partial charge in [-0.05, 0) is 54.9 Å². The summed E-state index contributed by atoms with van der Waals surface area (Å²) in [5, 5.41) is 15.4. The predicted molar refractivity (Wildman–Crippen MR) is 140 cm³/mol. The summed E-state index contributed by atoms with van der Waals surface area (Å²) in [6, 6.07) is 12.7. The monoisotopic (exact) mass is 492 g/mol. The molecule has 9 heteroatoms. The molecule has 4 aromatic rings. The lowest BCUT2D eigenvalue weighted by atomic mass is 10.0. The van der Waals surface area contributed by atoms with Crippen LogP contribution in [0.5, 0.6) is 0 Å². The minimum atomic E-state index is -0.617. The van der Waals surface area contributed by atoms with Crippen LogP contribution in [0.3, 0.4) is 0 Å². The molecule has 0 aliphatic carbocycles. The first kappa shape index (κ1) is 24.7. The summed E-state index contributed by atoms with van der Waals surface area (Å²) < 4.78 is 1.85. The van der Waals surface area contributed by atoms with Gasteiger partial charge in [-0.2, -0.15) is 0 Å². The molecule has 1 amide bonds. The molecule has 8 nitrogen and oxygen atoms in total. The summed E-state index contributed by atoms with van der Waals surface area (Å²) in [4.78, 5) is 23.5. The number of imidazole rings is 1. The summed E-state index contributed by atoms with van der Waals surface area (Å²) in [7, 11) is 0. The number of nitrogens with two attached hydrogens (primary N) is 1. The summed E-state index contributed by atoms with van der Waals surface area (Å²) in [5.74, 6) is 0.146. The number of nitrogens with zero attached hydrogens (tertiary/aromatic N) is 4. The zero-order chi connectivity index (χ0) is 24.9. The van der Waals surface area contributed by atoms with Gasteiger partial charge in [-0.15, -0.1) is 0 Å². The van der Waals surface area contributed by atoms with E-state index in [2.05, 4.69) is 20.2 Å². The highest BCUT2D eigenvalue weighted by molar-refractivity contribution is 6.31. The lowest BCUT2D eigenvalue weighted by Crippen LogP contribution is -2.40. The van der Waals surface area contributed by atoms with Crippen molar-refractivity contribution in [3.63, 3.8) is 0 Å². The molecule has 0 fully saturated rings. The van der Waals surface area contributed by atoms with Crippen molar-refractivity contribution in [3.8, 4) is 16.9 Å². The average molecular weight is 493 g/mol. The smallest absolute Gasteiger partial charge is 0.251 e. The Labute approximate surface area is 209 Å². The van der Waals surface area contributed by atoms with Gasteiger partial charge in [0.2, 0.25) is 0 Å². The van der Waals surface area contributed by atoms with E-state index in [0.29, 0.717) is 28.6 Å². The second-order valence-corrected chi connectivity index (χ2v) is 8.75. The van der Waals surface area contributed by atoms with Gasteiger partial charge in [-0.1, -0.05) is 31.5 Å². The average Bonchev–Trinajstić information content (AvgIpc) is 3.35. The molecule has 1 atom stereocenters. The van der Waals surface area contributed by atoms with Crippen molar-refractivity contribution in [2.75, 3.05) is 31.9 Å². The maximum atomic E-state index is 12.5. The van der Waals surface area contributed by atoms with Crippen LogP contribution in [0.1, 0.15) is 24.2 Å². The molecule has 4 rings (SSSR count). The van der Waals surface area contributed by atoms with Crippen LogP contribution in [-0.4, -0.2) is 62.7 Å². The number of aliphatic hydroxyl groups excluding tert-OH is 1. The van der Waals surface area contributed by atoms with E-state index in [9.17, 15) is 9.90 Å². The van der Waals surface area contributed by atoms with Gasteiger partial charge in [-0.25, -0.2) is 9.97 Å². The molecule has 0 aliphatic heterocycles. The van der Waals surface area contributed by atoms with Gasteiger partial charge in [0.1, 0.15) is 5.82 Å². The molecule has 0 radical (unpaired) electrons. The van der Waals surface area contributed by atoms with Crippen molar-refractivity contribution in [3.05, 3.63) is 71.8 Å². The van der Waals surface area contributed by atoms with Gasteiger partial charge in [0.15, 0.2) is 0 Å². The Morgan fingerprint density at radius 3 is 2.63 bits per heavy atom. The number of aliphatic hydroxyl groups is 1. The Morgan fingerprint density at radius 1 is 1.17 bits per heavy atom. The first-order chi connectivity index (χ1) is 16.9. The van der Waals surface area contributed by atoms with Gasteiger partial charge in [0, 0.05) is 47.1 Å². The summed E-state index contributed by atoms with van der Waals surface area (Å²) >= 11 is 6.21. The molecule has 1 unspecified atom stereocenters. The van der Waals surface area contributed by atoms with Crippen LogP contribution < -0.4 is 11.1 Å². The van der Waals surface area contributed by atoms with Crippen LogP contribution in [-0.2, 0) is 0 Å². The third-order valence-electron chi connectivity index (χ3n) is 6.01. The van der Waals surface area contributed by atoms with Crippen molar-refractivity contribution in [2.45, 2.75) is 20.0 Å². The zero-order valence-corrected chi connectivity index (χ0v) is 20.5. The molecular weight excluding hydrogens is 464 g/mol. The minimum Gasteiger partial charge on any atom is -0.390 e. The molecule has 4 N–H and O–H groups in total. The number of likely N-dealkylation sites (N-methyl/N-ethyl adjacent to an activating group) is 1. The normalized spacial score (nSPS) is 12.3. The Balaban J connectivity index is 1.48. The van der Waals surface area contributed by atoms with E-state index in [1.165, 1.54) is 0 Å². The van der Waals surface area contributed by atoms with Crippen LogP contribution in [0.25, 0.3) is 27.7 Å². The number of carbonyl (C=O) groups is 1. The zero-order valence-electron chi connectivity index (χ0n) is 19.8. The van der Waals surface area contributed by atoms with Crippen molar-refractivity contribution >= 4 is 34.1 Å². The largest absolute Gasteiger partial charge is 0.390 e. The molecule has 0 saturated heterocycles. The van der Waals surface area contributed by atoms with Crippen LogP contribution in [0.4, 0.5) is 5.82 Å². The molecule has 182 valence electrons. The summed E-state index contributed by atoms with van der Waals surface area (Å²) in [6.45, 7) is 6.53. The number of pyridine rings is 1. The number of halogens is 1. The van der Waals surface area contributed by atoms with E-state index < -0.39 is 6.10 Å². The number of fused-ring (bicyclic) bond motifs is 1. The van der Waals surface area contributed by atoms with Crippen molar-refractivity contribution in [1.82, 2.24) is 24.8 Å². The number of hydrogen-bond acceptors (Lipinski definition) is 6. The van der Waals surface area contributed by atoms with Crippen LogP contribution in [0, 0.1) is 0 Å². The lowest BCUT2D eigenvalue weighted by Gasteiger charge is -2.22. The van der Waals surface area contributed by atoms with E-state index in [1.807, 2.05) is 54.9 Å². The molecule has 0 spiro atoms. The Kier molecular flexibility index (Phi) is 7.65. The first-order valence-corrected chi connectivity index (χ1v) is 11.9. The highest BCUT2D eigenvalue weighted by atomic mass is 35.5. The Hall–Kier alpha value is -3.46. The number of nitrogen functional groups attached to an aromatic ring is 1. The Morgan fingerprint density at radius 2 is 1.91 bits per heavy atom. The number of anilines is 1. The number of carbonyl (C=O) groups excluding carboxylic acids is 1. The van der Waals surface area contributed by atoms with E-state index in [4.69, 9.17) is 17.3 Å². The topological polar surface area (TPSA) is 109 Å². The number of hydrogen-bond donors (Lipinski definition) is 3. The van der Waals surface area contributed by atoms with Gasteiger partial charge >= 0.3 is 0 Å². The quantitative estimate of drug-likeness (QED) is 0.328. The standard InChI is InChI=1S/C26H29ClN6O2/c1-3-32(4-2)14-21(34)13-30-26(35)17-6-9-20(10-7-17)33-15-23(31-16-33)24-22-11-19(27)8-5-18(22)12-29-25(24)28/h5-12,15-16,21,34H,3-4,13-14H2,1-2H3,(H2,28,29)(H,30,35). The second-order valence-electron chi connectivity index (χ2n) is 8.31. The molecule has 2 heterocycles. The van der Waals surface area contributed by atoms with Gasteiger partial charge in [0.05, 0.1) is 23.7 Å². The number of benzene rings is 2. The predicted octanol–water partition coefficient (Wildman–Crippen LogP) is 3.76. The fraction of sp³-hybridized carbons (Fsp3) is 0.269. The van der Waals surface area contributed by atoms with Gasteiger partial charge in [0.25, 0.3) is 5.91 Å². The Bertz CT molecular complexity index is 1310. The highest BCUT2D eigenvalue weighted by Crippen LogP contribution is 2.33. The third-order valence-corrected chi connectivity index (χ3v) is 6.25. The third kappa shape index (κ3) is 5.62. The number of nitrogens with one attached hydrogen (secondary N) is 1. The molecule has 0 aliphatic rings. The maximum absolute atomic E-state index is 12.5. The highest BCUT2D eigenvalue weighted by Gasteiger charge is 2.15. The van der Waals surface area contributed by atoms with Gasteiger partial charge < -0.3 is 25.6 Å². The van der Waals surface area contributed by atoms with Crippen LogP contribution in [0.2, 0.25) is 5.02 Å².